The van der Waals surface area contributed by atoms with Gasteiger partial charge in [0.1, 0.15) is 5.70 Å². The van der Waals surface area contributed by atoms with E-state index in [4.69, 9.17) is 5.11 Å². The zero-order valence-electron chi connectivity index (χ0n) is 11.2. The molecule has 0 saturated carbocycles. The summed E-state index contributed by atoms with van der Waals surface area (Å²) in [6.07, 6.45) is 5.32. The Balaban J connectivity index is 1.60. The number of fused-ring (bicyclic) bond motifs is 2. The lowest BCUT2D eigenvalue weighted by atomic mass is 9.94. The maximum absolute atomic E-state index is 12.2. The van der Waals surface area contributed by atoms with Gasteiger partial charge in [0.05, 0.1) is 6.04 Å². The summed E-state index contributed by atoms with van der Waals surface area (Å²) in [5, 5.41) is 9.06. The summed E-state index contributed by atoms with van der Waals surface area (Å²) >= 11 is 3.71. The molecular formula is C15H13NO3S2. The molecule has 1 amide bonds. The summed E-state index contributed by atoms with van der Waals surface area (Å²) in [6.45, 7) is 0. The molecule has 0 aliphatic carbocycles. The summed E-state index contributed by atoms with van der Waals surface area (Å²) in [7, 11) is 0. The highest BCUT2D eigenvalue weighted by Crippen LogP contribution is 2.40. The Hall–Kier alpha value is -1.53. The van der Waals surface area contributed by atoms with Crippen molar-refractivity contribution in [3.8, 4) is 0 Å². The van der Waals surface area contributed by atoms with E-state index in [1.165, 1.54) is 21.1 Å². The van der Waals surface area contributed by atoms with Crippen molar-refractivity contribution < 1.29 is 14.7 Å². The number of carboxylic acids is 1. The molecule has 1 unspecified atom stereocenters. The van der Waals surface area contributed by atoms with E-state index in [1.807, 2.05) is 17.8 Å². The first-order valence-electron chi connectivity index (χ1n) is 6.83. The molecule has 21 heavy (non-hydrogen) atoms. The van der Waals surface area contributed by atoms with Gasteiger partial charge < -0.3 is 5.11 Å². The Morgan fingerprint density at radius 2 is 2.33 bits per heavy atom. The second-order valence-corrected chi connectivity index (χ2v) is 7.59. The number of carbonyl (C=O) groups is 2. The maximum Gasteiger partial charge on any atom is 0.352 e. The first-order chi connectivity index (χ1) is 10.1. The highest BCUT2D eigenvalue weighted by atomic mass is 32.2. The quantitative estimate of drug-likeness (QED) is 0.672. The van der Waals surface area contributed by atoms with Gasteiger partial charge in [0.2, 0.25) is 0 Å². The van der Waals surface area contributed by atoms with Crippen LogP contribution in [0.25, 0.3) is 6.08 Å². The van der Waals surface area contributed by atoms with Gasteiger partial charge in [-0.25, -0.2) is 4.79 Å². The van der Waals surface area contributed by atoms with E-state index in [0.29, 0.717) is 6.42 Å². The lowest BCUT2D eigenvalue weighted by Crippen LogP contribution is -2.52. The van der Waals surface area contributed by atoms with Crippen LogP contribution in [0, 0.1) is 0 Å². The van der Waals surface area contributed by atoms with Crippen LogP contribution in [0.5, 0.6) is 0 Å². The molecule has 4 heterocycles. The van der Waals surface area contributed by atoms with E-state index in [-0.39, 0.29) is 17.6 Å². The zero-order valence-corrected chi connectivity index (χ0v) is 12.8. The van der Waals surface area contributed by atoms with Gasteiger partial charge in [0.15, 0.2) is 0 Å². The minimum atomic E-state index is -1.02. The summed E-state index contributed by atoms with van der Waals surface area (Å²) in [6, 6.07) is 2.10. The smallest absolute Gasteiger partial charge is 0.352 e. The third-order valence-corrected chi connectivity index (χ3v) is 6.29. The van der Waals surface area contributed by atoms with Crippen LogP contribution in [-0.2, 0) is 21.8 Å². The Kier molecular flexibility index (Phi) is 2.97. The van der Waals surface area contributed by atoms with Crippen molar-refractivity contribution in [2.45, 2.75) is 24.6 Å². The van der Waals surface area contributed by atoms with Crippen molar-refractivity contribution in [2.75, 3.05) is 5.75 Å². The predicted molar refractivity (Wildman–Crippen MR) is 83.1 cm³/mol. The molecule has 1 N–H and O–H groups in total. The van der Waals surface area contributed by atoms with Crippen molar-refractivity contribution in [3.05, 3.63) is 38.7 Å². The fourth-order valence-corrected chi connectivity index (χ4v) is 5.40. The molecule has 1 fully saturated rings. The van der Waals surface area contributed by atoms with Crippen LogP contribution in [0.2, 0.25) is 0 Å². The number of aliphatic carboxylic acids is 1. The molecule has 4 rings (SSSR count). The molecule has 6 heteroatoms. The van der Waals surface area contributed by atoms with Crippen LogP contribution in [0.3, 0.4) is 0 Å². The van der Waals surface area contributed by atoms with Gasteiger partial charge in [0.25, 0.3) is 5.91 Å². The van der Waals surface area contributed by atoms with Crippen LogP contribution in [0.15, 0.2) is 23.4 Å². The zero-order chi connectivity index (χ0) is 14.6. The average molecular weight is 319 g/mol. The summed E-state index contributed by atoms with van der Waals surface area (Å²) in [5.74, 6) is 1.05. The molecule has 1 atom stereocenters. The minimum Gasteiger partial charge on any atom is -0.477 e. The molecule has 0 radical (unpaired) electrons. The number of β-lactam (4-membered cyclic amide) rings is 1. The Morgan fingerprint density at radius 3 is 3.10 bits per heavy atom. The Morgan fingerprint density at radius 1 is 1.48 bits per heavy atom. The molecule has 3 aliphatic heterocycles. The first-order valence-corrected chi connectivity index (χ1v) is 8.80. The molecule has 1 aromatic heterocycles. The van der Waals surface area contributed by atoms with Crippen LogP contribution in [0.4, 0.5) is 0 Å². The number of hydrogen-bond acceptors (Lipinski definition) is 4. The third kappa shape index (κ3) is 1.97. The van der Waals surface area contributed by atoms with Crippen molar-refractivity contribution in [3.63, 3.8) is 0 Å². The van der Waals surface area contributed by atoms with E-state index in [1.54, 1.807) is 17.4 Å². The molecule has 1 saturated heterocycles. The monoisotopic (exact) mass is 319 g/mol. The second-order valence-electron chi connectivity index (χ2n) is 5.32. The van der Waals surface area contributed by atoms with Crippen LogP contribution >= 0.6 is 23.1 Å². The number of amides is 1. The number of thiophene rings is 1. The number of nitrogens with zero attached hydrogens (tertiary/aromatic N) is 1. The van der Waals surface area contributed by atoms with Gasteiger partial charge in [-0.15, -0.1) is 11.3 Å². The van der Waals surface area contributed by atoms with Gasteiger partial charge in [-0.3, -0.25) is 9.69 Å². The van der Waals surface area contributed by atoms with Gasteiger partial charge >= 0.3 is 5.97 Å². The van der Waals surface area contributed by atoms with Crippen LogP contribution in [0.1, 0.15) is 21.7 Å². The largest absolute Gasteiger partial charge is 0.477 e. The summed E-state index contributed by atoms with van der Waals surface area (Å²) in [5.41, 5.74) is 2.26. The average Bonchev–Trinajstić information content (AvgIpc) is 3.05. The van der Waals surface area contributed by atoms with Gasteiger partial charge in [0, 0.05) is 21.1 Å². The lowest BCUT2D eigenvalue weighted by Gasteiger charge is -2.38. The standard InChI is InChI=1S/C15H13NO3S2/c17-14-10(11-1-2-12(15(18)19)16(11)14)6-9-5-8-7-20-4-3-13(8)21-9/h2,5-6,11H,1,3-4,7H2,(H,18,19)/b10-6+. The van der Waals surface area contributed by atoms with Crippen LogP contribution < -0.4 is 0 Å². The van der Waals surface area contributed by atoms with Gasteiger partial charge in [-0.2, -0.15) is 11.8 Å². The van der Waals surface area contributed by atoms with Crippen molar-refractivity contribution in [1.29, 1.82) is 0 Å². The molecule has 3 aliphatic rings. The summed E-state index contributed by atoms with van der Waals surface area (Å²) < 4.78 is 0. The number of carbonyl (C=O) groups excluding carboxylic acids is 1. The minimum absolute atomic E-state index is 0.0721. The van der Waals surface area contributed by atoms with E-state index in [9.17, 15) is 9.59 Å². The van der Waals surface area contributed by atoms with Gasteiger partial charge in [-0.1, -0.05) is 6.08 Å². The third-order valence-electron chi connectivity index (χ3n) is 4.09. The molecule has 108 valence electrons. The van der Waals surface area contributed by atoms with E-state index in [0.717, 1.165) is 22.6 Å². The number of hydrogen-bond donors (Lipinski definition) is 1. The molecule has 0 bridgehead atoms. The Bertz CT molecular complexity index is 693. The fourth-order valence-electron chi connectivity index (χ4n) is 3.07. The highest BCUT2D eigenvalue weighted by molar-refractivity contribution is 7.98. The first kappa shape index (κ1) is 13.2. The van der Waals surface area contributed by atoms with E-state index >= 15 is 0 Å². The highest BCUT2D eigenvalue weighted by Gasteiger charge is 2.48. The Labute approximate surface area is 130 Å². The SMILES string of the molecule is O=C(O)C1=CCC2/C(=C\c3cc4c(s3)CCSC4)C(=O)N12. The number of thioether (sulfide) groups is 1. The number of carboxylic acid groups (broad SMARTS) is 1. The van der Waals surface area contributed by atoms with Crippen molar-refractivity contribution in [1.82, 2.24) is 4.90 Å². The van der Waals surface area contributed by atoms with Crippen LogP contribution in [-0.4, -0.2) is 33.7 Å². The second kappa shape index (κ2) is 4.74. The maximum atomic E-state index is 12.2. The summed E-state index contributed by atoms with van der Waals surface area (Å²) in [4.78, 5) is 27.2. The van der Waals surface area contributed by atoms with E-state index < -0.39 is 5.97 Å². The molecular weight excluding hydrogens is 306 g/mol. The molecule has 4 nitrogen and oxygen atoms in total. The van der Waals surface area contributed by atoms with Crippen molar-refractivity contribution in [2.24, 2.45) is 0 Å². The fraction of sp³-hybridized carbons (Fsp3) is 0.333. The molecule has 0 spiro atoms. The predicted octanol–water partition coefficient (Wildman–Crippen LogP) is 2.50. The number of rotatable bonds is 2. The van der Waals surface area contributed by atoms with E-state index in [2.05, 4.69) is 6.07 Å². The molecule has 1 aromatic rings. The normalized spacial score (nSPS) is 25.4. The topological polar surface area (TPSA) is 57.6 Å². The van der Waals surface area contributed by atoms with Gasteiger partial charge in [-0.05, 0) is 36.3 Å². The lowest BCUT2D eigenvalue weighted by molar-refractivity contribution is -0.142. The number of aryl methyl sites for hydroxylation is 1. The molecule has 0 aromatic carbocycles. The van der Waals surface area contributed by atoms with Crippen molar-refractivity contribution >= 4 is 41.1 Å².